The lowest BCUT2D eigenvalue weighted by Crippen LogP contribution is -2.29. The fourth-order valence-electron chi connectivity index (χ4n) is 10.7. The van der Waals surface area contributed by atoms with E-state index in [2.05, 4.69) is 59.7 Å². The third kappa shape index (κ3) is 6.09. The quantitative estimate of drug-likeness (QED) is 0.315. The molecule has 0 heterocycles. The van der Waals surface area contributed by atoms with Gasteiger partial charge in [-0.2, -0.15) is 0 Å². The van der Waals surface area contributed by atoms with Crippen LogP contribution in [0.25, 0.3) is 0 Å². The average molecular weight is 521 g/mol. The normalized spacial score (nSPS) is 43.0. The lowest BCUT2D eigenvalue weighted by Gasteiger charge is -2.37. The van der Waals surface area contributed by atoms with Gasteiger partial charge in [-0.3, -0.25) is 0 Å². The fraction of sp³-hybridized carbons (Fsp3) is 0.838. The number of aryl methyl sites for hydroxylation is 2. The van der Waals surface area contributed by atoms with Crippen molar-refractivity contribution in [1.29, 1.82) is 0 Å². The molecule has 9 atom stereocenters. The van der Waals surface area contributed by atoms with Gasteiger partial charge in [-0.25, -0.2) is 0 Å². The Morgan fingerprint density at radius 3 is 2.26 bits per heavy atom. The average Bonchev–Trinajstić information content (AvgIpc) is 3.47. The monoisotopic (exact) mass is 520 g/mol. The summed E-state index contributed by atoms with van der Waals surface area (Å²) < 4.78 is 6.16. The second kappa shape index (κ2) is 11.6. The van der Waals surface area contributed by atoms with Gasteiger partial charge >= 0.3 is 0 Å². The topological polar surface area (TPSA) is 9.23 Å². The molecule has 0 saturated heterocycles. The van der Waals surface area contributed by atoms with Crippen LogP contribution in [0.3, 0.4) is 0 Å². The van der Waals surface area contributed by atoms with Crippen molar-refractivity contribution in [1.82, 2.24) is 0 Å². The summed E-state index contributed by atoms with van der Waals surface area (Å²) in [5, 5.41) is 0. The third-order valence-electron chi connectivity index (χ3n) is 12.8. The molecule has 0 radical (unpaired) electrons. The number of methoxy groups -OCH3 is 1. The molecule has 0 aliphatic heterocycles. The molecular weight excluding hydrogens is 460 g/mol. The Kier molecular flexibility index (Phi) is 8.75. The molecule has 0 spiro atoms. The highest BCUT2D eigenvalue weighted by Gasteiger charge is 2.52. The molecule has 0 amide bonds. The largest absolute Gasteiger partial charge is 0.378 e. The van der Waals surface area contributed by atoms with E-state index >= 15 is 0 Å². The molecule has 4 aliphatic carbocycles. The molecule has 5 rings (SSSR count). The number of hydrogen-bond donors (Lipinski definition) is 0. The lowest BCUT2D eigenvalue weighted by atomic mass is 9.68. The van der Waals surface area contributed by atoms with Crippen LogP contribution >= 0.6 is 0 Å². The van der Waals surface area contributed by atoms with Crippen molar-refractivity contribution < 1.29 is 4.74 Å². The van der Waals surface area contributed by atoms with Gasteiger partial charge in [-0.15, -0.1) is 0 Å². The van der Waals surface area contributed by atoms with Crippen LogP contribution in [0, 0.1) is 59.7 Å². The first-order valence-corrected chi connectivity index (χ1v) is 16.7. The van der Waals surface area contributed by atoms with Crippen LogP contribution in [0.5, 0.6) is 0 Å². The van der Waals surface area contributed by atoms with E-state index in [4.69, 9.17) is 4.74 Å². The van der Waals surface area contributed by atoms with Crippen molar-refractivity contribution in [3.05, 3.63) is 34.9 Å². The SMILES string of the molecule is COC1(CCc2cc(C)cc(CC3CC(C)CC(CCC45CCCC4C(C)C(C)C5)C3)c2)CC(C)C(C)C1. The molecule has 0 aromatic heterocycles. The van der Waals surface area contributed by atoms with Gasteiger partial charge in [0.2, 0.25) is 0 Å². The van der Waals surface area contributed by atoms with Gasteiger partial charge in [0.1, 0.15) is 0 Å². The summed E-state index contributed by atoms with van der Waals surface area (Å²) in [5.41, 5.74) is 5.41. The van der Waals surface area contributed by atoms with E-state index < -0.39 is 0 Å². The van der Waals surface area contributed by atoms with Gasteiger partial charge in [0.25, 0.3) is 0 Å². The van der Waals surface area contributed by atoms with E-state index in [0.717, 1.165) is 59.2 Å². The maximum absolute atomic E-state index is 6.16. The summed E-state index contributed by atoms with van der Waals surface area (Å²) >= 11 is 0. The maximum atomic E-state index is 6.16. The van der Waals surface area contributed by atoms with Crippen LogP contribution in [0.15, 0.2) is 18.2 Å². The van der Waals surface area contributed by atoms with Gasteiger partial charge < -0.3 is 4.74 Å². The second-order valence-electron chi connectivity index (χ2n) is 15.8. The highest BCUT2D eigenvalue weighted by Crippen LogP contribution is 2.61. The number of fused-ring (bicyclic) bond motifs is 1. The zero-order valence-corrected chi connectivity index (χ0v) is 26.2. The number of ether oxygens (including phenoxy) is 1. The molecule has 0 N–H and O–H groups in total. The van der Waals surface area contributed by atoms with Crippen LogP contribution in [0.2, 0.25) is 0 Å². The molecule has 9 unspecified atom stereocenters. The van der Waals surface area contributed by atoms with Crippen LogP contribution in [-0.4, -0.2) is 12.7 Å². The number of benzene rings is 1. The Morgan fingerprint density at radius 1 is 0.816 bits per heavy atom. The minimum absolute atomic E-state index is 0.0987. The first-order valence-electron chi connectivity index (χ1n) is 16.7. The first kappa shape index (κ1) is 28.7. The van der Waals surface area contributed by atoms with Crippen molar-refractivity contribution in [2.45, 2.75) is 137 Å². The molecule has 1 aromatic rings. The van der Waals surface area contributed by atoms with E-state index in [0.29, 0.717) is 0 Å². The molecule has 1 aromatic carbocycles. The van der Waals surface area contributed by atoms with Crippen LogP contribution in [-0.2, 0) is 17.6 Å². The van der Waals surface area contributed by atoms with E-state index in [1.165, 1.54) is 89.0 Å². The molecule has 214 valence electrons. The Morgan fingerprint density at radius 2 is 1.53 bits per heavy atom. The molecule has 1 heteroatoms. The van der Waals surface area contributed by atoms with Crippen LogP contribution < -0.4 is 0 Å². The molecule has 4 fully saturated rings. The summed E-state index contributed by atoms with van der Waals surface area (Å²) in [6.07, 6.45) is 19.6. The molecular formula is C37H60O. The summed E-state index contributed by atoms with van der Waals surface area (Å²) in [6, 6.07) is 7.50. The Labute approximate surface area is 236 Å². The predicted molar refractivity (Wildman–Crippen MR) is 162 cm³/mol. The molecule has 0 bridgehead atoms. The van der Waals surface area contributed by atoms with E-state index in [-0.39, 0.29) is 5.60 Å². The Bertz CT molecular complexity index is 923. The third-order valence-corrected chi connectivity index (χ3v) is 12.8. The zero-order valence-electron chi connectivity index (χ0n) is 26.2. The van der Waals surface area contributed by atoms with Crippen molar-refractivity contribution in [2.24, 2.45) is 52.8 Å². The number of rotatable bonds is 9. The van der Waals surface area contributed by atoms with Crippen molar-refractivity contribution in [3.8, 4) is 0 Å². The standard InChI is InChI=1S/C37H60O/c1-25-15-31(10-13-36-12-8-9-35(36)30(6)29(5)22-36)19-33(17-25)21-34-18-26(2)16-32(20-34)11-14-37(38-7)23-27(3)28(4)24-37/h16,18,20,25,27-31,33,35H,8-15,17,19,21-24H2,1-7H3. The van der Waals surface area contributed by atoms with E-state index in [9.17, 15) is 0 Å². The van der Waals surface area contributed by atoms with Crippen LogP contribution in [0.1, 0.15) is 128 Å². The maximum Gasteiger partial charge on any atom is 0.0687 e. The van der Waals surface area contributed by atoms with Gasteiger partial charge in [-0.1, -0.05) is 64.8 Å². The highest BCUT2D eigenvalue weighted by atomic mass is 16.5. The van der Waals surface area contributed by atoms with E-state index in [1.807, 2.05) is 7.11 Å². The Hall–Kier alpha value is -0.820. The summed E-state index contributed by atoms with van der Waals surface area (Å²) in [5.74, 6) is 7.25. The molecule has 4 saturated carbocycles. The van der Waals surface area contributed by atoms with E-state index in [1.54, 1.807) is 11.1 Å². The molecule has 4 aliphatic rings. The van der Waals surface area contributed by atoms with Gasteiger partial charge in [0.05, 0.1) is 5.60 Å². The van der Waals surface area contributed by atoms with Gasteiger partial charge in [0.15, 0.2) is 0 Å². The minimum atomic E-state index is 0.0987. The molecule has 1 nitrogen and oxygen atoms in total. The van der Waals surface area contributed by atoms with Crippen LogP contribution in [0.4, 0.5) is 0 Å². The van der Waals surface area contributed by atoms with Gasteiger partial charge in [0, 0.05) is 7.11 Å². The highest BCUT2D eigenvalue weighted by molar-refractivity contribution is 5.30. The summed E-state index contributed by atoms with van der Waals surface area (Å²) in [6.45, 7) is 14.8. The summed E-state index contributed by atoms with van der Waals surface area (Å²) in [7, 11) is 1.95. The lowest BCUT2D eigenvalue weighted by molar-refractivity contribution is -0.0156. The first-order chi connectivity index (χ1) is 18.1. The molecule has 38 heavy (non-hydrogen) atoms. The van der Waals surface area contributed by atoms with Crippen molar-refractivity contribution >= 4 is 0 Å². The smallest absolute Gasteiger partial charge is 0.0687 e. The second-order valence-corrected chi connectivity index (χ2v) is 15.8. The number of hydrogen-bond acceptors (Lipinski definition) is 1. The van der Waals surface area contributed by atoms with Gasteiger partial charge in [-0.05, 0) is 154 Å². The predicted octanol–water partition coefficient (Wildman–Crippen LogP) is 10.2. The Balaban J connectivity index is 1.18. The minimum Gasteiger partial charge on any atom is -0.378 e. The van der Waals surface area contributed by atoms with Crippen molar-refractivity contribution in [3.63, 3.8) is 0 Å². The fourth-order valence-corrected chi connectivity index (χ4v) is 10.7. The summed E-state index contributed by atoms with van der Waals surface area (Å²) in [4.78, 5) is 0. The van der Waals surface area contributed by atoms with Crippen molar-refractivity contribution in [2.75, 3.05) is 7.11 Å². The zero-order chi connectivity index (χ0) is 27.1.